The summed E-state index contributed by atoms with van der Waals surface area (Å²) in [7, 11) is 0. The summed E-state index contributed by atoms with van der Waals surface area (Å²) in [5.41, 5.74) is 0.784. The number of piperidine rings is 1. The van der Waals surface area contributed by atoms with Crippen LogP contribution in [0.1, 0.15) is 31.2 Å². The minimum absolute atomic E-state index is 0.0340. The fourth-order valence-electron chi connectivity index (χ4n) is 3.39. The molecule has 6 nitrogen and oxygen atoms in total. The van der Waals surface area contributed by atoms with E-state index in [9.17, 15) is 9.18 Å². The summed E-state index contributed by atoms with van der Waals surface area (Å²) in [6.07, 6.45) is 3.87. The molecule has 2 heterocycles. The maximum absolute atomic E-state index is 14.2. The maximum Gasteiger partial charge on any atom is 0.315 e. The molecule has 0 aromatic heterocycles. The van der Waals surface area contributed by atoms with Gasteiger partial charge in [0.15, 0.2) is 0 Å². The largest absolute Gasteiger partial charge is 0.376 e. The topological polar surface area (TPSA) is 77.4 Å². The van der Waals surface area contributed by atoms with Gasteiger partial charge in [-0.3, -0.25) is 0 Å². The molecule has 134 valence electrons. The number of hydrogen-bond acceptors (Lipinski definition) is 4. The molecule has 2 aliphatic heterocycles. The highest BCUT2D eigenvalue weighted by atomic mass is 19.1. The SMILES string of the molecule is N#Cc1ccc(N2CCC[C@H](NC(=O)NC[C@H]3CCCO3)C2)c(F)c1. The first-order chi connectivity index (χ1) is 12.2. The molecule has 2 aliphatic rings. The van der Waals surface area contributed by atoms with Gasteiger partial charge in [-0.05, 0) is 43.9 Å². The predicted octanol–water partition coefficient (Wildman–Crippen LogP) is 2.14. The molecule has 0 spiro atoms. The van der Waals surface area contributed by atoms with Crippen LogP contribution in [0.2, 0.25) is 0 Å². The van der Waals surface area contributed by atoms with Crippen molar-refractivity contribution in [3.63, 3.8) is 0 Å². The van der Waals surface area contributed by atoms with Gasteiger partial charge in [0.1, 0.15) is 5.82 Å². The number of benzene rings is 1. The summed E-state index contributed by atoms with van der Waals surface area (Å²) < 4.78 is 19.7. The van der Waals surface area contributed by atoms with Crippen molar-refractivity contribution in [2.75, 3.05) is 31.1 Å². The molecule has 0 aliphatic carbocycles. The first-order valence-corrected chi connectivity index (χ1v) is 8.76. The molecule has 2 N–H and O–H groups in total. The lowest BCUT2D eigenvalue weighted by atomic mass is 10.0. The molecular formula is C18H23FN4O2. The fraction of sp³-hybridized carbons (Fsp3) is 0.556. The van der Waals surface area contributed by atoms with Gasteiger partial charge in [-0.15, -0.1) is 0 Å². The molecule has 2 atom stereocenters. The Kier molecular flexibility index (Phi) is 5.71. The van der Waals surface area contributed by atoms with Crippen molar-refractivity contribution in [1.29, 1.82) is 5.26 Å². The number of carbonyl (C=O) groups excluding carboxylic acids is 1. The van der Waals surface area contributed by atoms with Crippen molar-refractivity contribution in [2.45, 2.75) is 37.8 Å². The molecular weight excluding hydrogens is 323 g/mol. The van der Waals surface area contributed by atoms with Crippen LogP contribution in [0.25, 0.3) is 0 Å². The van der Waals surface area contributed by atoms with E-state index in [1.807, 2.05) is 11.0 Å². The smallest absolute Gasteiger partial charge is 0.315 e. The van der Waals surface area contributed by atoms with Crippen LogP contribution in [-0.2, 0) is 4.74 Å². The van der Waals surface area contributed by atoms with E-state index >= 15 is 0 Å². The third-order valence-electron chi connectivity index (χ3n) is 4.69. The Bertz CT molecular complexity index is 655. The van der Waals surface area contributed by atoms with Crippen LogP contribution in [0.5, 0.6) is 0 Å². The van der Waals surface area contributed by atoms with Crippen LogP contribution in [0.15, 0.2) is 18.2 Å². The first-order valence-electron chi connectivity index (χ1n) is 8.76. The molecule has 0 bridgehead atoms. The van der Waals surface area contributed by atoms with Crippen molar-refractivity contribution >= 4 is 11.7 Å². The van der Waals surface area contributed by atoms with Crippen molar-refractivity contribution < 1.29 is 13.9 Å². The second-order valence-corrected chi connectivity index (χ2v) is 6.55. The Hall–Kier alpha value is -2.33. The van der Waals surface area contributed by atoms with Gasteiger partial charge < -0.3 is 20.3 Å². The Morgan fingerprint density at radius 3 is 3.00 bits per heavy atom. The zero-order valence-electron chi connectivity index (χ0n) is 14.1. The van der Waals surface area contributed by atoms with Gasteiger partial charge in [0.25, 0.3) is 0 Å². The first kappa shape index (κ1) is 17.5. The van der Waals surface area contributed by atoms with Gasteiger partial charge in [0, 0.05) is 32.3 Å². The van der Waals surface area contributed by atoms with Crippen LogP contribution in [0.4, 0.5) is 14.9 Å². The minimum Gasteiger partial charge on any atom is -0.376 e. The highest BCUT2D eigenvalue weighted by molar-refractivity contribution is 5.74. The van der Waals surface area contributed by atoms with Gasteiger partial charge in [0.2, 0.25) is 0 Å². The third-order valence-corrected chi connectivity index (χ3v) is 4.69. The number of carbonyl (C=O) groups is 1. The average molecular weight is 346 g/mol. The van der Waals surface area contributed by atoms with Crippen LogP contribution in [0, 0.1) is 17.1 Å². The summed E-state index contributed by atoms with van der Waals surface area (Å²) >= 11 is 0. The molecule has 0 unspecified atom stereocenters. The van der Waals surface area contributed by atoms with E-state index in [1.165, 1.54) is 6.07 Å². The number of anilines is 1. The van der Waals surface area contributed by atoms with Gasteiger partial charge in [-0.2, -0.15) is 5.26 Å². The molecule has 7 heteroatoms. The summed E-state index contributed by atoms with van der Waals surface area (Å²) in [5, 5.41) is 14.7. The molecule has 1 aromatic carbocycles. The van der Waals surface area contributed by atoms with Gasteiger partial charge in [-0.25, -0.2) is 9.18 Å². The Labute approximate surface area is 146 Å². The van der Waals surface area contributed by atoms with E-state index in [1.54, 1.807) is 12.1 Å². The minimum atomic E-state index is -0.400. The van der Waals surface area contributed by atoms with Crippen LogP contribution >= 0.6 is 0 Å². The van der Waals surface area contributed by atoms with E-state index in [0.29, 0.717) is 24.3 Å². The van der Waals surface area contributed by atoms with Gasteiger partial charge >= 0.3 is 6.03 Å². The van der Waals surface area contributed by atoms with Crippen molar-refractivity contribution in [3.05, 3.63) is 29.6 Å². The molecule has 1 aromatic rings. The number of nitriles is 1. The Morgan fingerprint density at radius 2 is 2.28 bits per heavy atom. The quantitative estimate of drug-likeness (QED) is 0.876. The Balaban J connectivity index is 1.52. The maximum atomic E-state index is 14.2. The average Bonchev–Trinajstić information content (AvgIpc) is 3.13. The van der Waals surface area contributed by atoms with E-state index in [4.69, 9.17) is 10.00 Å². The molecule has 25 heavy (non-hydrogen) atoms. The van der Waals surface area contributed by atoms with E-state index in [0.717, 1.165) is 38.8 Å². The van der Waals surface area contributed by atoms with Crippen molar-refractivity contribution in [1.82, 2.24) is 10.6 Å². The van der Waals surface area contributed by atoms with Crippen LogP contribution in [-0.4, -0.2) is 44.4 Å². The van der Waals surface area contributed by atoms with E-state index in [2.05, 4.69) is 10.6 Å². The lowest BCUT2D eigenvalue weighted by molar-refractivity contribution is 0.111. The fourth-order valence-corrected chi connectivity index (χ4v) is 3.39. The van der Waals surface area contributed by atoms with E-state index < -0.39 is 5.82 Å². The van der Waals surface area contributed by atoms with Crippen LogP contribution in [0.3, 0.4) is 0 Å². The molecule has 0 saturated carbocycles. The van der Waals surface area contributed by atoms with Crippen LogP contribution < -0.4 is 15.5 Å². The highest BCUT2D eigenvalue weighted by Crippen LogP contribution is 2.24. The number of nitrogens with one attached hydrogen (secondary N) is 2. The lowest BCUT2D eigenvalue weighted by Gasteiger charge is -2.35. The number of halogens is 1. The number of nitrogens with zero attached hydrogens (tertiary/aromatic N) is 2. The number of rotatable bonds is 4. The lowest BCUT2D eigenvalue weighted by Crippen LogP contribution is -2.51. The van der Waals surface area contributed by atoms with Gasteiger partial charge in [-0.1, -0.05) is 0 Å². The second-order valence-electron chi connectivity index (χ2n) is 6.55. The molecule has 2 saturated heterocycles. The second kappa shape index (κ2) is 8.17. The summed E-state index contributed by atoms with van der Waals surface area (Å²) in [6, 6.07) is 6.19. The van der Waals surface area contributed by atoms with Crippen molar-refractivity contribution in [3.8, 4) is 6.07 Å². The molecule has 2 amide bonds. The third kappa shape index (κ3) is 4.60. The summed E-state index contributed by atoms with van der Waals surface area (Å²) in [5.74, 6) is -0.400. The molecule has 0 radical (unpaired) electrons. The zero-order chi connectivity index (χ0) is 17.6. The molecule has 3 rings (SSSR count). The summed E-state index contributed by atoms with van der Waals surface area (Å²) in [6.45, 7) is 2.57. The monoisotopic (exact) mass is 346 g/mol. The number of amides is 2. The predicted molar refractivity (Wildman–Crippen MR) is 91.9 cm³/mol. The summed E-state index contributed by atoms with van der Waals surface area (Å²) in [4.78, 5) is 14.0. The standard InChI is InChI=1S/C18H23FN4O2/c19-16-9-13(10-20)5-6-17(16)23-7-1-3-14(12-23)22-18(24)21-11-15-4-2-8-25-15/h5-6,9,14-15H,1-4,7-8,11-12H2,(H2,21,22,24)/t14-,15+/m0/s1. The number of ether oxygens (including phenoxy) is 1. The Morgan fingerprint density at radius 1 is 1.40 bits per heavy atom. The van der Waals surface area contributed by atoms with Crippen molar-refractivity contribution in [2.24, 2.45) is 0 Å². The zero-order valence-corrected chi connectivity index (χ0v) is 14.1. The van der Waals surface area contributed by atoms with E-state index in [-0.39, 0.29) is 18.2 Å². The normalized spacial score (nSPS) is 23.1. The highest BCUT2D eigenvalue weighted by Gasteiger charge is 2.24. The number of hydrogen-bond donors (Lipinski definition) is 2. The molecule has 2 fully saturated rings. The van der Waals surface area contributed by atoms with Gasteiger partial charge in [0.05, 0.1) is 23.4 Å². The number of urea groups is 1.